The lowest BCUT2D eigenvalue weighted by Gasteiger charge is -2.19. The van der Waals surface area contributed by atoms with Gasteiger partial charge in [-0.1, -0.05) is 0 Å². The molecule has 0 heterocycles. The Bertz CT molecular complexity index is 431. The first-order chi connectivity index (χ1) is 10.6. The van der Waals surface area contributed by atoms with Gasteiger partial charge >= 0.3 is 12.1 Å². The summed E-state index contributed by atoms with van der Waals surface area (Å²) < 4.78 is 9.67. The maximum atomic E-state index is 11.5. The molecule has 132 valence electrons. The number of ether oxygens (including phenoxy) is 2. The molecule has 0 aliphatic rings. The third kappa shape index (κ3) is 13.2. The van der Waals surface area contributed by atoms with E-state index in [1.807, 2.05) is 0 Å². The van der Waals surface area contributed by atoms with Gasteiger partial charge < -0.3 is 14.8 Å². The Hall–Kier alpha value is -2.16. The highest BCUT2D eigenvalue weighted by molar-refractivity contribution is 5.87. The highest BCUT2D eigenvalue weighted by atomic mass is 16.6. The fraction of sp³-hybridized carbons (Fsp3) is 0.714. The first kappa shape index (κ1) is 20.8. The zero-order valence-corrected chi connectivity index (χ0v) is 13.8. The van der Waals surface area contributed by atoms with Crippen LogP contribution in [-0.4, -0.2) is 42.5 Å². The van der Waals surface area contributed by atoms with Crippen molar-refractivity contribution >= 4 is 23.8 Å². The quantitative estimate of drug-likeness (QED) is 0.180. The van der Waals surface area contributed by atoms with Crippen molar-refractivity contribution in [2.45, 2.75) is 52.1 Å². The predicted molar refractivity (Wildman–Crippen MR) is 81.0 cm³/mol. The SMILES string of the molecule is CC(C)(C)OC(=O)CCC(=O)NCC(=O)CCCOC(=O)NN. The first-order valence-corrected chi connectivity index (χ1v) is 7.27. The number of Topliss-reactive ketones (excluding diaryl/α,β-unsaturated/α-hetero) is 1. The summed E-state index contributed by atoms with van der Waals surface area (Å²) in [7, 11) is 0. The van der Waals surface area contributed by atoms with Crippen LogP contribution in [0, 0.1) is 0 Å². The van der Waals surface area contributed by atoms with Crippen LogP contribution in [0.25, 0.3) is 0 Å². The molecule has 23 heavy (non-hydrogen) atoms. The fourth-order valence-electron chi connectivity index (χ4n) is 1.46. The fourth-order valence-corrected chi connectivity index (χ4v) is 1.46. The van der Waals surface area contributed by atoms with Crippen LogP contribution in [0.1, 0.15) is 46.5 Å². The second-order valence-electron chi connectivity index (χ2n) is 5.79. The summed E-state index contributed by atoms with van der Waals surface area (Å²) >= 11 is 0. The number of hydrogen-bond donors (Lipinski definition) is 3. The zero-order chi connectivity index (χ0) is 17.9. The maximum Gasteiger partial charge on any atom is 0.421 e. The lowest BCUT2D eigenvalue weighted by atomic mass is 10.2. The van der Waals surface area contributed by atoms with E-state index in [0.29, 0.717) is 6.42 Å². The monoisotopic (exact) mass is 331 g/mol. The van der Waals surface area contributed by atoms with Gasteiger partial charge in [-0.25, -0.2) is 10.6 Å². The van der Waals surface area contributed by atoms with Gasteiger partial charge in [0, 0.05) is 12.8 Å². The molecule has 0 fully saturated rings. The van der Waals surface area contributed by atoms with Crippen molar-refractivity contribution in [3.8, 4) is 0 Å². The van der Waals surface area contributed by atoms with Crippen molar-refractivity contribution in [3.63, 3.8) is 0 Å². The van der Waals surface area contributed by atoms with Crippen molar-refractivity contribution in [1.82, 2.24) is 10.7 Å². The van der Waals surface area contributed by atoms with Crippen molar-refractivity contribution in [3.05, 3.63) is 0 Å². The van der Waals surface area contributed by atoms with Crippen molar-refractivity contribution in [2.75, 3.05) is 13.2 Å². The number of nitrogens with two attached hydrogens (primary N) is 1. The van der Waals surface area contributed by atoms with E-state index >= 15 is 0 Å². The lowest BCUT2D eigenvalue weighted by Crippen LogP contribution is -2.32. The number of ketones is 1. The average Bonchev–Trinajstić information content (AvgIpc) is 2.45. The van der Waals surface area contributed by atoms with Crippen LogP contribution in [0.5, 0.6) is 0 Å². The Kier molecular flexibility index (Phi) is 9.56. The number of esters is 1. The van der Waals surface area contributed by atoms with E-state index in [4.69, 9.17) is 10.6 Å². The molecule has 0 aromatic carbocycles. The second kappa shape index (κ2) is 10.5. The second-order valence-corrected chi connectivity index (χ2v) is 5.79. The summed E-state index contributed by atoms with van der Waals surface area (Å²) in [6.07, 6.45) is -0.362. The topological polar surface area (TPSA) is 137 Å². The minimum absolute atomic E-state index is 0.0397. The zero-order valence-electron chi connectivity index (χ0n) is 13.8. The van der Waals surface area contributed by atoms with Crippen LogP contribution in [0.2, 0.25) is 0 Å². The number of hydrazine groups is 1. The van der Waals surface area contributed by atoms with Gasteiger partial charge in [-0.3, -0.25) is 19.8 Å². The number of amides is 2. The summed E-state index contributed by atoms with van der Waals surface area (Å²) in [5, 5.41) is 2.43. The molecule has 4 N–H and O–H groups in total. The van der Waals surface area contributed by atoms with Crippen LogP contribution in [0.4, 0.5) is 4.79 Å². The maximum absolute atomic E-state index is 11.5. The molecule has 0 atom stereocenters. The predicted octanol–water partition coefficient (Wildman–Crippen LogP) is 0.174. The van der Waals surface area contributed by atoms with Gasteiger partial charge in [-0.05, 0) is 27.2 Å². The molecule has 0 saturated carbocycles. The van der Waals surface area contributed by atoms with E-state index in [1.54, 1.807) is 26.2 Å². The number of nitrogens with one attached hydrogen (secondary N) is 2. The van der Waals surface area contributed by atoms with Crippen LogP contribution >= 0.6 is 0 Å². The summed E-state index contributed by atoms with van der Waals surface area (Å²) in [5.41, 5.74) is 1.20. The summed E-state index contributed by atoms with van der Waals surface area (Å²) in [4.78, 5) is 45.1. The highest BCUT2D eigenvalue weighted by Gasteiger charge is 2.17. The summed E-state index contributed by atoms with van der Waals surface area (Å²) in [6, 6.07) is 0. The highest BCUT2D eigenvalue weighted by Crippen LogP contribution is 2.08. The molecule has 9 heteroatoms. The third-order valence-electron chi connectivity index (χ3n) is 2.41. The molecule has 0 radical (unpaired) electrons. The standard InChI is InChI=1S/C14H25N3O6/c1-14(2,3)23-12(20)7-6-11(19)16-9-10(18)5-4-8-22-13(21)17-15/h4-9,15H2,1-3H3,(H,16,19)(H,17,21). The van der Waals surface area contributed by atoms with Gasteiger partial charge in [0.2, 0.25) is 5.91 Å². The summed E-state index contributed by atoms with van der Waals surface area (Å²) in [5.74, 6) is 3.74. The largest absolute Gasteiger partial charge is 0.460 e. The molecule has 0 spiro atoms. The van der Waals surface area contributed by atoms with Gasteiger partial charge in [-0.2, -0.15) is 0 Å². The summed E-state index contributed by atoms with van der Waals surface area (Å²) in [6.45, 7) is 5.15. The Morgan fingerprint density at radius 3 is 2.26 bits per heavy atom. The van der Waals surface area contributed by atoms with E-state index in [0.717, 1.165) is 0 Å². The molecule has 0 unspecified atom stereocenters. The molecule has 0 rings (SSSR count). The van der Waals surface area contributed by atoms with Gasteiger partial charge in [0.15, 0.2) is 5.78 Å². The van der Waals surface area contributed by atoms with E-state index in [2.05, 4.69) is 10.1 Å². The Balaban J connectivity index is 3.74. The molecule has 0 aliphatic heterocycles. The van der Waals surface area contributed by atoms with E-state index in [1.165, 1.54) is 0 Å². The van der Waals surface area contributed by atoms with E-state index < -0.39 is 23.6 Å². The Labute approximate surface area is 135 Å². The van der Waals surface area contributed by atoms with Crippen LogP contribution in [-0.2, 0) is 23.9 Å². The third-order valence-corrected chi connectivity index (χ3v) is 2.41. The van der Waals surface area contributed by atoms with Gasteiger partial charge in [0.1, 0.15) is 5.60 Å². The molecule has 9 nitrogen and oxygen atoms in total. The van der Waals surface area contributed by atoms with E-state index in [-0.39, 0.29) is 38.2 Å². The molecule has 0 bridgehead atoms. The van der Waals surface area contributed by atoms with Crippen LogP contribution < -0.4 is 16.6 Å². The molecule has 0 saturated heterocycles. The van der Waals surface area contributed by atoms with Gasteiger partial charge in [0.25, 0.3) is 0 Å². The number of hydrogen-bond acceptors (Lipinski definition) is 7. The van der Waals surface area contributed by atoms with Crippen LogP contribution in [0.15, 0.2) is 0 Å². The average molecular weight is 331 g/mol. The van der Waals surface area contributed by atoms with Crippen LogP contribution in [0.3, 0.4) is 0 Å². The number of rotatable bonds is 9. The first-order valence-electron chi connectivity index (χ1n) is 7.27. The number of carbonyl (C=O) groups is 4. The molecule has 0 aliphatic carbocycles. The lowest BCUT2D eigenvalue weighted by molar-refractivity contribution is -0.155. The Morgan fingerprint density at radius 2 is 1.70 bits per heavy atom. The Morgan fingerprint density at radius 1 is 1.04 bits per heavy atom. The molecular weight excluding hydrogens is 306 g/mol. The molecule has 2 amide bonds. The minimum atomic E-state index is -0.770. The van der Waals surface area contributed by atoms with Crippen molar-refractivity contribution in [1.29, 1.82) is 0 Å². The van der Waals surface area contributed by atoms with Gasteiger partial charge in [-0.15, -0.1) is 0 Å². The minimum Gasteiger partial charge on any atom is -0.460 e. The smallest absolute Gasteiger partial charge is 0.421 e. The van der Waals surface area contributed by atoms with Gasteiger partial charge in [0.05, 0.1) is 19.6 Å². The normalized spacial score (nSPS) is 10.6. The molecular formula is C14H25N3O6. The molecule has 0 aromatic rings. The molecule has 0 aromatic heterocycles. The number of carbonyl (C=O) groups excluding carboxylic acids is 4. The van der Waals surface area contributed by atoms with Crippen molar-refractivity contribution in [2.24, 2.45) is 5.84 Å². The van der Waals surface area contributed by atoms with E-state index in [9.17, 15) is 19.2 Å². The van der Waals surface area contributed by atoms with Crippen molar-refractivity contribution < 1.29 is 28.7 Å².